The summed E-state index contributed by atoms with van der Waals surface area (Å²) in [5, 5.41) is 8.88. The van der Waals surface area contributed by atoms with Crippen molar-refractivity contribution < 1.29 is 19.2 Å². The van der Waals surface area contributed by atoms with Crippen molar-refractivity contribution in [1.82, 2.24) is 0 Å². The second-order valence-corrected chi connectivity index (χ2v) is 3.37. The Morgan fingerprint density at radius 1 is 1.07 bits per heavy atom. The molecule has 94 valence electrons. The third-order valence-electron chi connectivity index (χ3n) is 1.28. The molecule has 0 rings (SSSR count). The molecule has 0 aromatic rings. The fourth-order valence-electron chi connectivity index (χ4n) is 0.820. The molecule has 6 heteroatoms. The predicted octanol–water partition coefficient (Wildman–Crippen LogP) is 0.146. The molecule has 0 heterocycles. The van der Waals surface area contributed by atoms with E-state index in [-0.39, 0.29) is 42.3 Å². The van der Waals surface area contributed by atoms with Gasteiger partial charge in [0.2, 0.25) is 0 Å². The van der Waals surface area contributed by atoms with E-state index >= 15 is 0 Å². The first-order chi connectivity index (χ1) is 6.56. The van der Waals surface area contributed by atoms with Crippen molar-refractivity contribution in [2.75, 3.05) is 13.2 Å². The summed E-state index contributed by atoms with van der Waals surface area (Å²) in [5.41, 5.74) is 0. The summed E-state index contributed by atoms with van der Waals surface area (Å²) in [7, 11) is 0. The van der Waals surface area contributed by atoms with Crippen LogP contribution in [0.25, 0.3) is 0 Å². The number of ether oxygens (including phenoxy) is 2. The first-order valence-corrected chi connectivity index (χ1v) is 4.94. The zero-order valence-electron chi connectivity index (χ0n) is 9.24. The molecule has 0 spiro atoms. The molecule has 0 fully saturated rings. The zero-order chi connectivity index (χ0) is 11.6. The maximum absolute atomic E-state index is 8.88. The second kappa shape index (κ2) is 14.7. The van der Waals surface area contributed by atoms with Crippen LogP contribution in [0.5, 0.6) is 0 Å². The molecule has 0 aromatic heterocycles. The summed E-state index contributed by atoms with van der Waals surface area (Å²) in [6.07, 6.45) is 0.139. The van der Waals surface area contributed by atoms with Crippen LogP contribution in [0.2, 0.25) is 0 Å². The molecule has 2 N–H and O–H groups in total. The molecule has 1 unspecified atom stereocenters. The minimum Gasteiger partial charge on any atom is -0.394 e. The molecule has 4 nitrogen and oxygen atoms in total. The molecular weight excluding hydrogens is 235 g/mol. The first kappa shape index (κ1) is 21.0. The second-order valence-electron chi connectivity index (χ2n) is 3.37. The Balaban J connectivity index is -0.000000449. The van der Waals surface area contributed by atoms with Crippen molar-refractivity contribution in [1.29, 1.82) is 0 Å². The van der Waals surface area contributed by atoms with Gasteiger partial charge in [0.15, 0.2) is 17.4 Å². The van der Waals surface area contributed by atoms with Gasteiger partial charge in [-0.05, 0) is 27.7 Å². The van der Waals surface area contributed by atoms with E-state index in [4.69, 9.17) is 19.2 Å². The van der Waals surface area contributed by atoms with Crippen molar-refractivity contribution in [3.63, 3.8) is 0 Å². The highest BCUT2D eigenvalue weighted by atomic mass is 35.5. The van der Waals surface area contributed by atoms with Gasteiger partial charge in [-0.25, -0.2) is 0 Å². The summed E-state index contributed by atoms with van der Waals surface area (Å²) < 4.78 is 17.2. The van der Waals surface area contributed by atoms with Crippen LogP contribution in [0.3, 0.4) is 0 Å². The molecule has 0 aliphatic rings. The van der Waals surface area contributed by atoms with Crippen molar-refractivity contribution in [3.05, 3.63) is 0 Å². The van der Waals surface area contributed by atoms with E-state index in [0.717, 1.165) is 0 Å². The average Bonchev–Trinajstić information content (AvgIpc) is 2.14. The van der Waals surface area contributed by atoms with Gasteiger partial charge in [0.25, 0.3) is 0 Å². The van der Waals surface area contributed by atoms with Gasteiger partial charge in [-0.1, -0.05) is 0 Å². The number of hydrogen-bond donors (Lipinski definition) is 2. The normalized spacial score (nSPS) is 11.8. The van der Waals surface area contributed by atoms with Gasteiger partial charge in [-0.2, -0.15) is 0 Å². The van der Waals surface area contributed by atoms with E-state index in [9.17, 15) is 0 Å². The van der Waals surface area contributed by atoms with Crippen molar-refractivity contribution in [3.8, 4) is 0 Å². The molecule has 1 atom stereocenters. The molecule has 0 bridgehead atoms. The molecule has 15 heavy (non-hydrogen) atoms. The van der Waals surface area contributed by atoms with Gasteiger partial charge in [0.1, 0.15) is 6.10 Å². The average molecular weight is 259 g/mol. The fourth-order valence-corrected chi connectivity index (χ4v) is 0.820. The van der Waals surface area contributed by atoms with E-state index in [0.29, 0.717) is 6.61 Å². The summed E-state index contributed by atoms with van der Waals surface area (Å²) in [5.74, 6) is 0. The summed E-state index contributed by atoms with van der Waals surface area (Å²) in [4.78, 5) is 0. The van der Waals surface area contributed by atoms with Gasteiger partial charge in [-0.3, -0.25) is 4.66 Å². The van der Waals surface area contributed by atoms with Crippen LogP contribution >= 0.6 is 11.9 Å². The Labute approximate surface area is 108 Å². The monoisotopic (exact) mass is 258 g/mol. The Morgan fingerprint density at radius 2 is 1.53 bits per heavy atom. The molecule has 0 saturated heterocycles. The fraction of sp³-hybridized carbons (Fsp3) is 1.00. The molecule has 0 aliphatic carbocycles. The van der Waals surface area contributed by atoms with E-state index < -0.39 is 0 Å². The van der Waals surface area contributed by atoms with E-state index in [1.165, 1.54) is 0 Å². The molecule has 0 radical (unpaired) electrons. The Bertz CT molecular complexity index is 114. The van der Waals surface area contributed by atoms with E-state index in [1.807, 2.05) is 27.7 Å². The number of halogens is 1. The van der Waals surface area contributed by atoms with Crippen molar-refractivity contribution in [2.45, 2.75) is 46.0 Å². The van der Waals surface area contributed by atoms with Crippen LogP contribution in [0, 0.1) is 0 Å². The van der Waals surface area contributed by atoms with Gasteiger partial charge >= 0.3 is 0 Å². The maximum atomic E-state index is 8.88. The predicted molar refractivity (Wildman–Crippen MR) is 66.2 cm³/mol. The highest BCUT2D eigenvalue weighted by molar-refractivity contribution is 6.04. The Morgan fingerprint density at radius 3 is 1.80 bits per heavy atom. The Kier molecular flexibility index (Phi) is 20.5. The molecule has 0 saturated carbocycles. The van der Waals surface area contributed by atoms with Crippen LogP contribution < -0.4 is 0 Å². The molecule has 0 aromatic carbocycles. The van der Waals surface area contributed by atoms with Crippen molar-refractivity contribution in [2.24, 2.45) is 0 Å². The van der Waals surface area contributed by atoms with E-state index in [1.54, 1.807) is 0 Å². The standard InChI is InChI=1S/C9H20O3.Al.ClHO.3H/c1-7(2)11-6-9(5-10)12-8(3)4;;1-2;;;/h7-10H,5-6H2,1-4H3;;2H;;;. The zero-order valence-corrected chi connectivity index (χ0v) is 9.99. The minimum absolute atomic E-state index is 0. The summed E-state index contributed by atoms with van der Waals surface area (Å²) >= 11 is 3.64. The highest BCUT2D eigenvalue weighted by Crippen LogP contribution is 2.00. The topological polar surface area (TPSA) is 58.9 Å². The Hall–Kier alpha value is 0.662. The SMILES string of the molecule is CC(C)OCC(CO)OC(C)C.OCl.[AlH3]. The minimum atomic E-state index is -0.188. The first-order valence-electron chi connectivity index (χ1n) is 4.61. The lowest BCUT2D eigenvalue weighted by molar-refractivity contribution is -0.0781. The largest absolute Gasteiger partial charge is 0.394 e. The number of rotatable bonds is 6. The van der Waals surface area contributed by atoms with Gasteiger partial charge in [0, 0.05) is 0 Å². The number of hydrogen-bond acceptors (Lipinski definition) is 4. The molecule has 0 amide bonds. The summed E-state index contributed by atoms with van der Waals surface area (Å²) in [6.45, 7) is 8.29. The molecular formula is C9H24AlClO4. The van der Waals surface area contributed by atoms with Crippen molar-refractivity contribution >= 4 is 29.2 Å². The lowest BCUT2D eigenvalue weighted by Gasteiger charge is -2.19. The van der Waals surface area contributed by atoms with Gasteiger partial charge in [0.05, 0.1) is 37.3 Å². The molecule has 0 aliphatic heterocycles. The van der Waals surface area contributed by atoms with E-state index in [2.05, 4.69) is 11.9 Å². The smallest absolute Gasteiger partial charge is 0.187 e. The van der Waals surface area contributed by atoms with Gasteiger partial charge in [-0.15, -0.1) is 0 Å². The van der Waals surface area contributed by atoms with Crippen LogP contribution in [0.15, 0.2) is 0 Å². The quantitative estimate of drug-likeness (QED) is 0.666. The van der Waals surface area contributed by atoms with Crippen LogP contribution in [0.1, 0.15) is 27.7 Å². The third-order valence-corrected chi connectivity index (χ3v) is 1.28. The van der Waals surface area contributed by atoms with Gasteiger partial charge < -0.3 is 14.6 Å². The summed E-state index contributed by atoms with van der Waals surface area (Å²) in [6, 6.07) is 0. The third kappa shape index (κ3) is 17.3. The highest BCUT2D eigenvalue weighted by Gasteiger charge is 2.10. The maximum Gasteiger partial charge on any atom is 0.187 e. The number of aliphatic hydroxyl groups is 1. The lowest BCUT2D eigenvalue weighted by Crippen LogP contribution is -2.28. The van der Waals surface area contributed by atoms with Crippen LogP contribution in [-0.4, -0.2) is 58.7 Å². The van der Waals surface area contributed by atoms with Crippen LogP contribution in [-0.2, 0) is 9.47 Å². The lowest BCUT2D eigenvalue weighted by atomic mass is 10.3. The number of aliphatic hydroxyl groups excluding tert-OH is 1. The van der Waals surface area contributed by atoms with Crippen LogP contribution in [0.4, 0.5) is 0 Å².